The van der Waals surface area contributed by atoms with Crippen LogP contribution in [-0.4, -0.2) is 5.91 Å². The number of anilines is 1. The summed E-state index contributed by atoms with van der Waals surface area (Å²) in [5.41, 5.74) is 0.899. The molecular formula is C13H7Cl2FINO. The van der Waals surface area contributed by atoms with Crippen LogP contribution in [0.5, 0.6) is 0 Å². The monoisotopic (exact) mass is 409 g/mol. The summed E-state index contributed by atoms with van der Waals surface area (Å²) in [5.74, 6) is -0.835. The fourth-order valence-corrected chi connectivity index (χ4v) is 2.23. The number of carbonyl (C=O) groups excluding carboxylic acids is 1. The summed E-state index contributed by atoms with van der Waals surface area (Å²) >= 11 is 13.6. The average molecular weight is 410 g/mol. The molecule has 0 aliphatic rings. The first-order chi connectivity index (χ1) is 8.97. The zero-order chi connectivity index (χ0) is 14.0. The normalized spacial score (nSPS) is 10.3. The maximum Gasteiger partial charge on any atom is 0.255 e. The maximum atomic E-state index is 13.0. The Morgan fingerprint density at radius 2 is 1.84 bits per heavy atom. The first-order valence-electron chi connectivity index (χ1n) is 5.19. The van der Waals surface area contributed by atoms with Crippen molar-refractivity contribution in [2.75, 3.05) is 5.32 Å². The Balaban J connectivity index is 2.20. The van der Waals surface area contributed by atoms with E-state index in [0.29, 0.717) is 16.3 Å². The number of hydrogen-bond donors (Lipinski definition) is 1. The second-order valence-electron chi connectivity index (χ2n) is 3.71. The highest BCUT2D eigenvalue weighted by molar-refractivity contribution is 14.1. The molecule has 19 heavy (non-hydrogen) atoms. The van der Waals surface area contributed by atoms with E-state index in [0.717, 1.165) is 3.57 Å². The summed E-state index contributed by atoms with van der Waals surface area (Å²) in [4.78, 5) is 12.0. The minimum absolute atomic E-state index is 0.0384. The summed E-state index contributed by atoms with van der Waals surface area (Å²) in [6.45, 7) is 0. The Morgan fingerprint density at radius 3 is 2.47 bits per heavy atom. The lowest BCUT2D eigenvalue weighted by Crippen LogP contribution is -2.12. The van der Waals surface area contributed by atoms with Crippen LogP contribution in [0, 0.1) is 9.39 Å². The van der Waals surface area contributed by atoms with Crippen molar-refractivity contribution in [1.82, 2.24) is 0 Å². The van der Waals surface area contributed by atoms with E-state index in [1.807, 2.05) is 22.6 Å². The van der Waals surface area contributed by atoms with E-state index in [4.69, 9.17) is 23.2 Å². The molecule has 0 heterocycles. The Hall–Kier alpha value is -0.850. The van der Waals surface area contributed by atoms with Crippen molar-refractivity contribution in [2.45, 2.75) is 0 Å². The van der Waals surface area contributed by atoms with E-state index in [-0.39, 0.29) is 10.9 Å². The van der Waals surface area contributed by atoms with Crippen molar-refractivity contribution in [1.29, 1.82) is 0 Å². The standard InChI is InChI=1S/C13H7Cl2FINO/c14-9-3-1-7(5-12(9)17)13(19)18-8-2-4-11(16)10(15)6-8/h1-6H,(H,18,19). The Morgan fingerprint density at radius 1 is 1.11 bits per heavy atom. The Labute approximate surface area is 133 Å². The van der Waals surface area contributed by atoms with Crippen LogP contribution in [0.2, 0.25) is 10.0 Å². The van der Waals surface area contributed by atoms with E-state index in [9.17, 15) is 9.18 Å². The molecule has 2 aromatic carbocycles. The number of halogens is 4. The number of nitrogens with one attached hydrogen (secondary N) is 1. The highest BCUT2D eigenvalue weighted by Crippen LogP contribution is 2.22. The van der Waals surface area contributed by atoms with E-state index in [1.54, 1.807) is 18.2 Å². The molecule has 0 saturated carbocycles. The van der Waals surface area contributed by atoms with Crippen molar-refractivity contribution in [3.05, 3.63) is 61.4 Å². The van der Waals surface area contributed by atoms with Gasteiger partial charge in [-0.15, -0.1) is 0 Å². The van der Waals surface area contributed by atoms with Gasteiger partial charge in [-0.05, 0) is 59.0 Å². The summed E-state index contributed by atoms with van der Waals surface area (Å²) in [6, 6.07) is 8.93. The molecule has 98 valence electrons. The molecule has 6 heteroatoms. The second kappa shape index (κ2) is 6.07. The number of rotatable bonds is 2. The molecule has 2 aromatic rings. The van der Waals surface area contributed by atoms with Crippen LogP contribution in [0.15, 0.2) is 36.4 Å². The van der Waals surface area contributed by atoms with Crippen LogP contribution in [0.25, 0.3) is 0 Å². The van der Waals surface area contributed by atoms with Gasteiger partial charge in [0.05, 0.1) is 10.0 Å². The smallest absolute Gasteiger partial charge is 0.255 e. The van der Waals surface area contributed by atoms with Gasteiger partial charge in [-0.2, -0.15) is 0 Å². The number of carbonyl (C=O) groups is 1. The number of amides is 1. The highest BCUT2D eigenvalue weighted by Gasteiger charge is 2.09. The zero-order valence-corrected chi connectivity index (χ0v) is 13.1. The molecule has 0 bridgehead atoms. The van der Waals surface area contributed by atoms with Gasteiger partial charge in [0.2, 0.25) is 0 Å². The summed E-state index contributed by atoms with van der Waals surface area (Å²) in [5, 5.41) is 3.18. The quantitative estimate of drug-likeness (QED) is 0.695. The van der Waals surface area contributed by atoms with E-state index >= 15 is 0 Å². The largest absolute Gasteiger partial charge is 0.322 e. The highest BCUT2D eigenvalue weighted by atomic mass is 127. The molecule has 0 aliphatic heterocycles. The lowest BCUT2D eigenvalue weighted by atomic mass is 10.2. The third kappa shape index (κ3) is 3.58. The van der Waals surface area contributed by atoms with Gasteiger partial charge in [-0.3, -0.25) is 4.79 Å². The minimum atomic E-state index is -0.527. The van der Waals surface area contributed by atoms with Crippen molar-refractivity contribution < 1.29 is 9.18 Å². The summed E-state index contributed by atoms with van der Waals surface area (Å²) < 4.78 is 13.8. The molecule has 0 unspecified atom stereocenters. The lowest BCUT2D eigenvalue weighted by molar-refractivity contribution is 0.102. The molecule has 2 rings (SSSR count). The molecule has 0 spiro atoms. The number of hydrogen-bond acceptors (Lipinski definition) is 1. The maximum absolute atomic E-state index is 13.0. The molecular weight excluding hydrogens is 403 g/mol. The van der Waals surface area contributed by atoms with Gasteiger partial charge in [0.15, 0.2) is 0 Å². The fourth-order valence-electron chi connectivity index (χ4n) is 1.41. The Bertz CT molecular complexity index is 649. The zero-order valence-electron chi connectivity index (χ0n) is 9.38. The molecule has 0 aliphatic carbocycles. The van der Waals surface area contributed by atoms with E-state index in [1.165, 1.54) is 18.2 Å². The molecule has 0 aromatic heterocycles. The topological polar surface area (TPSA) is 29.1 Å². The summed E-state index contributed by atoms with van der Waals surface area (Å²) in [6.07, 6.45) is 0. The first kappa shape index (κ1) is 14.6. The van der Waals surface area contributed by atoms with Crippen LogP contribution >= 0.6 is 45.8 Å². The first-order valence-corrected chi connectivity index (χ1v) is 7.02. The van der Waals surface area contributed by atoms with Crippen LogP contribution in [0.4, 0.5) is 10.1 Å². The molecule has 0 radical (unpaired) electrons. The van der Waals surface area contributed by atoms with Crippen LogP contribution in [0.1, 0.15) is 10.4 Å². The van der Waals surface area contributed by atoms with Crippen molar-refractivity contribution in [3.8, 4) is 0 Å². The van der Waals surface area contributed by atoms with Gasteiger partial charge in [0.1, 0.15) is 5.82 Å². The Kier molecular flexibility index (Phi) is 4.65. The van der Waals surface area contributed by atoms with Crippen molar-refractivity contribution in [2.24, 2.45) is 0 Å². The second-order valence-corrected chi connectivity index (χ2v) is 5.69. The predicted octanol–water partition coefficient (Wildman–Crippen LogP) is 4.99. The SMILES string of the molecule is O=C(Nc1ccc(F)c(Cl)c1)c1ccc(Cl)c(I)c1. The molecule has 0 atom stereocenters. The summed E-state index contributed by atoms with van der Waals surface area (Å²) in [7, 11) is 0. The third-order valence-electron chi connectivity index (χ3n) is 2.36. The van der Waals surface area contributed by atoms with E-state index in [2.05, 4.69) is 5.32 Å². The molecule has 0 saturated heterocycles. The van der Waals surface area contributed by atoms with Gasteiger partial charge in [0.25, 0.3) is 5.91 Å². The van der Waals surface area contributed by atoms with Crippen LogP contribution in [-0.2, 0) is 0 Å². The van der Waals surface area contributed by atoms with Gasteiger partial charge in [-0.25, -0.2) is 4.39 Å². The van der Waals surface area contributed by atoms with Crippen molar-refractivity contribution in [3.63, 3.8) is 0 Å². The van der Waals surface area contributed by atoms with Gasteiger partial charge in [-0.1, -0.05) is 23.2 Å². The lowest BCUT2D eigenvalue weighted by Gasteiger charge is -2.07. The minimum Gasteiger partial charge on any atom is -0.322 e. The van der Waals surface area contributed by atoms with Crippen molar-refractivity contribution >= 4 is 57.4 Å². The average Bonchev–Trinajstić information content (AvgIpc) is 2.37. The van der Waals surface area contributed by atoms with Gasteiger partial charge in [0, 0.05) is 14.8 Å². The number of benzene rings is 2. The molecule has 2 nitrogen and oxygen atoms in total. The van der Waals surface area contributed by atoms with E-state index < -0.39 is 5.82 Å². The van der Waals surface area contributed by atoms with Crippen LogP contribution in [0.3, 0.4) is 0 Å². The molecule has 1 amide bonds. The van der Waals surface area contributed by atoms with Gasteiger partial charge >= 0.3 is 0 Å². The third-order valence-corrected chi connectivity index (χ3v) is 4.19. The predicted molar refractivity (Wildman–Crippen MR) is 83.5 cm³/mol. The fraction of sp³-hybridized carbons (Fsp3) is 0. The van der Waals surface area contributed by atoms with Crippen LogP contribution < -0.4 is 5.32 Å². The molecule has 1 N–H and O–H groups in total. The van der Waals surface area contributed by atoms with Gasteiger partial charge < -0.3 is 5.32 Å². The molecule has 0 fully saturated rings.